The zero-order valence-electron chi connectivity index (χ0n) is 12.0. The van der Waals surface area contributed by atoms with Crippen molar-refractivity contribution in [1.82, 2.24) is 4.90 Å². The van der Waals surface area contributed by atoms with Gasteiger partial charge in [-0.3, -0.25) is 14.9 Å². The van der Waals surface area contributed by atoms with Gasteiger partial charge in [-0.2, -0.15) is 0 Å². The Morgan fingerprint density at radius 1 is 1.48 bits per heavy atom. The Morgan fingerprint density at radius 3 is 2.67 bits per heavy atom. The van der Waals surface area contributed by atoms with Gasteiger partial charge in [-0.25, -0.2) is 4.39 Å². The molecule has 0 radical (unpaired) electrons. The van der Waals surface area contributed by atoms with Crippen LogP contribution in [0.1, 0.15) is 24.2 Å². The van der Waals surface area contributed by atoms with Crippen LogP contribution in [0.5, 0.6) is 0 Å². The Balaban J connectivity index is 3.10. The summed E-state index contributed by atoms with van der Waals surface area (Å²) in [5, 5.41) is 10.8. The monoisotopic (exact) mass is 299 g/mol. The van der Waals surface area contributed by atoms with E-state index in [0.717, 1.165) is 12.1 Å². The summed E-state index contributed by atoms with van der Waals surface area (Å²) in [6.45, 7) is 4.90. The molecular weight excluding hydrogens is 281 g/mol. The maximum atomic E-state index is 13.8. The maximum absolute atomic E-state index is 13.8. The van der Waals surface area contributed by atoms with Crippen molar-refractivity contribution < 1.29 is 18.8 Å². The van der Waals surface area contributed by atoms with E-state index in [1.807, 2.05) is 6.92 Å². The molecule has 0 heterocycles. The molecule has 0 aliphatic rings. The lowest BCUT2D eigenvalue weighted by Crippen LogP contribution is -2.35. The lowest BCUT2D eigenvalue weighted by atomic mass is 10.1. The maximum Gasteiger partial charge on any atom is 0.293 e. The highest BCUT2D eigenvalue weighted by molar-refractivity contribution is 6.01. The number of nitrogens with zero attached hydrogens (tertiary/aromatic N) is 2. The van der Waals surface area contributed by atoms with E-state index < -0.39 is 33.6 Å². The van der Waals surface area contributed by atoms with Gasteiger partial charge >= 0.3 is 0 Å². The second kappa shape index (κ2) is 7.53. The molecule has 0 unspecified atom stereocenters. The topological polar surface area (TPSA) is 98.7 Å². The fourth-order valence-electron chi connectivity index (χ4n) is 1.84. The lowest BCUT2D eigenvalue weighted by Gasteiger charge is -2.21. The number of hydrogen-bond acceptors (Lipinski definition) is 5. The van der Waals surface area contributed by atoms with E-state index in [1.165, 1.54) is 4.90 Å². The summed E-state index contributed by atoms with van der Waals surface area (Å²) < 4.78 is 19.0. The van der Waals surface area contributed by atoms with E-state index in [4.69, 9.17) is 10.5 Å². The van der Waals surface area contributed by atoms with E-state index in [0.29, 0.717) is 19.8 Å². The first-order chi connectivity index (χ1) is 9.93. The van der Waals surface area contributed by atoms with Crippen molar-refractivity contribution >= 4 is 17.3 Å². The molecule has 0 fully saturated rings. The van der Waals surface area contributed by atoms with E-state index in [9.17, 15) is 19.3 Å². The molecule has 8 heteroatoms. The van der Waals surface area contributed by atoms with E-state index in [2.05, 4.69) is 0 Å². The number of hydrogen-bond donors (Lipinski definition) is 1. The van der Waals surface area contributed by atoms with Crippen LogP contribution in [-0.2, 0) is 4.74 Å². The van der Waals surface area contributed by atoms with Gasteiger partial charge < -0.3 is 15.4 Å². The second-order valence-corrected chi connectivity index (χ2v) is 4.19. The van der Waals surface area contributed by atoms with Gasteiger partial charge in [-0.1, -0.05) is 0 Å². The van der Waals surface area contributed by atoms with Crippen LogP contribution in [0.2, 0.25) is 0 Å². The predicted molar refractivity (Wildman–Crippen MR) is 75.5 cm³/mol. The average molecular weight is 299 g/mol. The minimum Gasteiger partial charge on any atom is -0.392 e. The fraction of sp³-hybridized carbons (Fsp3) is 0.462. The number of nitro benzene ring substituents is 1. The molecule has 1 aromatic rings. The Bertz CT molecular complexity index is 536. The van der Waals surface area contributed by atoms with E-state index in [-0.39, 0.29) is 6.54 Å². The molecule has 1 amide bonds. The Morgan fingerprint density at radius 2 is 2.14 bits per heavy atom. The summed E-state index contributed by atoms with van der Waals surface area (Å²) in [7, 11) is 0. The molecule has 7 nitrogen and oxygen atoms in total. The van der Waals surface area contributed by atoms with E-state index >= 15 is 0 Å². The lowest BCUT2D eigenvalue weighted by molar-refractivity contribution is -0.384. The van der Waals surface area contributed by atoms with Crippen LogP contribution in [0.3, 0.4) is 0 Å². The standard InChI is InChI=1S/C13H18FN3O4/c1-3-16(7-8-21-4-2)13(18)11-9(14)5-6-10(12(11)15)17(19)20/h5-6H,3-4,7-8,15H2,1-2H3. The molecule has 0 saturated carbocycles. The summed E-state index contributed by atoms with van der Waals surface area (Å²) in [5.74, 6) is -1.56. The highest BCUT2D eigenvalue weighted by Crippen LogP contribution is 2.28. The molecule has 0 aromatic heterocycles. The minimum atomic E-state index is -0.877. The minimum absolute atomic E-state index is 0.255. The van der Waals surface area contributed by atoms with Crippen molar-refractivity contribution in [1.29, 1.82) is 0 Å². The molecule has 116 valence electrons. The van der Waals surface area contributed by atoms with Gasteiger partial charge in [-0.15, -0.1) is 0 Å². The second-order valence-electron chi connectivity index (χ2n) is 4.19. The van der Waals surface area contributed by atoms with Gasteiger partial charge in [0, 0.05) is 25.8 Å². The number of carbonyl (C=O) groups is 1. The fourth-order valence-corrected chi connectivity index (χ4v) is 1.84. The molecule has 0 saturated heterocycles. The van der Waals surface area contributed by atoms with Crippen LogP contribution in [-0.4, -0.2) is 42.0 Å². The third-order valence-electron chi connectivity index (χ3n) is 2.96. The number of nitro groups is 1. The van der Waals surface area contributed by atoms with E-state index in [1.54, 1.807) is 6.92 Å². The molecule has 0 aliphatic heterocycles. The number of carbonyl (C=O) groups excluding carboxylic acids is 1. The largest absolute Gasteiger partial charge is 0.392 e. The normalized spacial score (nSPS) is 10.4. The number of ether oxygens (including phenoxy) is 1. The van der Waals surface area contributed by atoms with Gasteiger partial charge in [0.1, 0.15) is 17.1 Å². The first-order valence-electron chi connectivity index (χ1n) is 6.53. The van der Waals surface area contributed by atoms with Gasteiger partial charge in [0.15, 0.2) is 0 Å². The first kappa shape index (κ1) is 16.8. The van der Waals surface area contributed by atoms with Gasteiger partial charge in [-0.05, 0) is 19.9 Å². The summed E-state index contributed by atoms with van der Waals surface area (Å²) in [4.78, 5) is 23.7. The molecule has 2 N–H and O–H groups in total. The van der Waals surface area contributed by atoms with Gasteiger partial charge in [0.25, 0.3) is 11.6 Å². The smallest absolute Gasteiger partial charge is 0.293 e. The van der Waals surface area contributed by atoms with Crippen molar-refractivity contribution in [3.05, 3.63) is 33.6 Å². The molecule has 1 aromatic carbocycles. The molecule has 0 atom stereocenters. The number of likely N-dealkylation sites (N-methyl/N-ethyl adjacent to an activating group) is 1. The SMILES string of the molecule is CCOCCN(CC)C(=O)c1c(F)ccc([N+](=O)[O-])c1N. The molecular formula is C13H18FN3O4. The van der Waals surface area contributed by atoms with Crippen LogP contribution in [0.15, 0.2) is 12.1 Å². The highest BCUT2D eigenvalue weighted by atomic mass is 19.1. The summed E-state index contributed by atoms with van der Waals surface area (Å²) in [6.07, 6.45) is 0. The Labute approximate surface area is 121 Å². The number of nitrogens with two attached hydrogens (primary N) is 1. The van der Waals surface area contributed by atoms with Gasteiger partial charge in [0.2, 0.25) is 0 Å². The van der Waals surface area contributed by atoms with Crippen LogP contribution in [0.4, 0.5) is 15.8 Å². The average Bonchev–Trinajstić information content (AvgIpc) is 2.43. The number of anilines is 1. The molecule has 1 rings (SSSR count). The van der Waals surface area contributed by atoms with Crippen LogP contribution in [0, 0.1) is 15.9 Å². The molecule has 0 aliphatic carbocycles. The zero-order valence-corrected chi connectivity index (χ0v) is 12.0. The van der Waals surface area contributed by atoms with Gasteiger partial charge in [0.05, 0.1) is 11.5 Å². The zero-order chi connectivity index (χ0) is 16.0. The number of halogens is 1. The van der Waals surface area contributed by atoms with Crippen LogP contribution < -0.4 is 5.73 Å². The quantitative estimate of drug-likeness (QED) is 0.358. The summed E-state index contributed by atoms with van der Waals surface area (Å²) in [6, 6.07) is 1.82. The molecule has 0 spiro atoms. The first-order valence-corrected chi connectivity index (χ1v) is 6.53. The number of benzene rings is 1. The third kappa shape index (κ3) is 3.88. The summed E-state index contributed by atoms with van der Waals surface area (Å²) in [5.41, 5.74) is 4.16. The molecule has 0 bridgehead atoms. The number of amides is 1. The van der Waals surface area contributed by atoms with Crippen molar-refractivity contribution in [2.45, 2.75) is 13.8 Å². The highest BCUT2D eigenvalue weighted by Gasteiger charge is 2.26. The third-order valence-corrected chi connectivity index (χ3v) is 2.96. The number of rotatable bonds is 7. The molecule has 21 heavy (non-hydrogen) atoms. The van der Waals surface area contributed by atoms with Crippen LogP contribution >= 0.6 is 0 Å². The van der Waals surface area contributed by atoms with Crippen molar-refractivity contribution in [3.63, 3.8) is 0 Å². The van der Waals surface area contributed by atoms with Crippen LogP contribution in [0.25, 0.3) is 0 Å². The number of nitrogen functional groups attached to an aromatic ring is 1. The van der Waals surface area contributed by atoms with Crippen molar-refractivity contribution in [3.8, 4) is 0 Å². The van der Waals surface area contributed by atoms with Crippen molar-refractivity contribution in [2.75, 3.05) is 32.0 Å². The summed E-state index contributed by atoms with van der Waals surface area (Å²) >= 11 is 0. The predicted octanol–water partition coefficient (Wildman–Crippen LogP) is 1.81. The Hall–Kier alpha value is -2.22. The van der Waals surface area contributed by atoms with Crippen molar-refractivity contribution in [2.24, 2.45) is 0 Å². The Kier molecular flexibility index (Phi) is 6.04.